The maximum absolute atomic E-state index is 6.15. The van der Waals surface area contributed by atoms with Gasteiger partial charge in [-0.1, -0.05) is 54.2 Å². The van der Waals surface area contributed by atoms with Crippen molar-refractivity contribution in [1.29, 1.82) is 0 Å². The molecule has 0 saturated carbocycles. The lowest BCUT2D eigenvalue weighted by Gasteiger charge is -2.32. The van der Waals surface area contributed by atoms with Crippen molar-refractivity contribution in [2.45, 2.75) is 45.6 Å². The number of nitrogens with two attached hydrogens (primary N) is 1. The summed E-state index contributed by atoms with van der Waals surface area (Å²) in [5, 5.41) is 0.771. The Morgan fingerprint density at radius 2 is 1.80 bits per heavy atom. The van der Waals surface area contributed by atoms with E-state index in [1.807, 2.05) is 18.2 Å². The van der Waals surface area contributed by atoms with Crippen LogP contribution in [0.3, 0.4) is 0 Å². The first-order valence-corrected chi connectivity index (χ1v) is 8.70. The Balaban J connectivity index is 2.94. The van der Waals surface area contributed by atoms with Crippen molar-refractivity contribution in [2.75, 3.05) is 19.6 Å². The van der Waals surface area contributed by atoms with E-state index in [1.54, 1.807) is 0 Å². The summed E-state index contributed by atoms with van der Waals surface area (Å²) in [5.41, 5.74) is 7.26. The highest BCUT2D eigenvalue weighted by atomic mass is 79.9. The standard InChI is InChI=1S/C16H26BrClN2/c1-3-5-9-20(10-6-4-2)16(12-19)14-11-13(18)7-8-15(14)17/h7-8,11,16H,3-6,9-10,12,19H2,1-2H3. The van der Waals surface area contributed by atoms with Crippen molar-refractivity contribution in [3.8, 4) is 0 Å². The normalized spacial score (nSPS) is 12.9. The number of hydrogen-bond acceptors (Lipinski definition) is 2. The molecule has 0 bridgehead atoms. The van der Waals surface area contributed by atoms with E-state index < -0.39 is 0 Å². The van der Waals surface area contributed by atoms with E-state index in [2.05, 4.69) is 34.7 Å². The van der Waals surface area contributed by atoms with Gasteiger partial charge in [0.15, 0.2) is 0 Å². The van der Waals surface area contributed by atoms with Crippen LogP contribution in [0.4, 0.5) is 0 Å². The van der Waals surface area contributed by atoms with Crippen LogP contribution in [0, 0.1) is 0 Å². The third-order valence-corrected chi connectivity index (χ3v) is 4.54. The van der Waals surface area contributed by atoms with Crippen molar-refractivity contribution < 1.29 is 0 Å². The van der Waals surface area contributed by atoms with Gasteiger partial charge in [-0.2, -0.15) is 0 Å². The molecule has 1 aromatic carbocycles. The number of hydrogen-bond donors (Lipinski definition) is 1. The molecule has 0 fully saturated rings. The fourth-order valence-corrected chi connectivity index (χ4v) is 3.08. The van der Waals surface area contributed by atoms with Gasteiger partial charge in [0.05, 0.1) is 0 Å². The second-order valence-corrected chi connectivity index (χ2v) is 6.45. The first kappa shape index (κ1) is 18.0. The lowest BCUT2D eigenvalue weighted by Crippen LogP contribution is -2.35. The van der Waals surface area contributed by atoms with Crippen molar-refractivity contribution in [3.05, 3.63) is 33.3 Å². The van der Waals surface area contributed by atoms with Crippen molar-refractivity contribution >= 4 is 27.5 Å². The van der Waals surface area contributed by atoms with Crippen molar-refractivity contribution in [2.24, 2.45) is 5.73 Å². The third-order valence-electron chi connectivity index (χ3n) is 3.58. The average Bonchev–Trinajstić information content (AvgIpc) is 2.45. The summed E-state index contributed by atoms with van der Waals surface area (Å²) < 4.78 is 1.09. The fraction of sp³-hybridized carbons (Fsp3) is 0.625. The Kier molecular flexibility index (Phi) is 8.78. The number of rotatable bonds is 9. The van der Waals surface area contributed by atoms with Crippen molar-refractivity contribution in [3.63, 3.8) is 0 Å². The van der Waals surface area contributed by atoms with Crippen LogP contribution in [0.5, 0.6) is 0 Å². The maximum Gasteiger partial charge on any atom is 0.0482 e. The van der Waals surface area contributed by atoms with E-state index in [0.29, 0.717) is 6.54 Å². The highest BCUT2D eigenvalue weighted by molar-refractivity contribution is 9.10. The molecule has 0 spiro atoms. The summed E-state index contributed by atoms with van der Waals surface area (Å²) in [6.07, 6.45) is 4.82. The van der Waals surface area contributed by atoms with Gasteiger partial charge in [-0.05, 0) is 49.7 Å². The van der Waals surface area contributed by atoms with Gasteiger partial charge in [0, 0.05) is 22.1 Å². The van der Waals surface area contributed by atoms with E-state index in [-0.39, 0.29) is 6.04 Å². The molecule has 1 aromatic rings. The van der Waals surface area contributed by atoms with Crippen LogP contribution >= 0.6 is 27.5 Å². The molecule has 0 aliphatic carbocycles. The minimum absolute atomic E-state index is 0.237. The van der Waals surface area contributed by atoms with Crippen LogP contribution in [0.2, 0.25) is 5.02 Å². The summed E-state index contributed by atoms with van der Waals surface area (Å²) in [5.74, 6) is 0. The fourth-order valence-electron chi connectivity index (χ4n) is 2.39. The molecule has 0 aromatic heterocycles. The molecular formula is C16H26BrClN2. The number of nitrogens with zero attached hydrogens (tertiary/aromatic N) is 1. The smallest absolute Gasteiger partial charge is 0.0482 e. The number of unbranched alkanes of at least 4 members (excludes halogenated alkanes) is 2. The van der Waals surface area contributed by atoms with Crippen LogP contribution in [-0.2, 0) is 0 Å². The van der Waals surface area contributed by atoms with Crippen LogP contribution in [0.1, 0.15) is 51.1 Å². The maximum atomic E-state index is 6.15. The van der Waals surface area contributed by atoms with Crippen LogP contribution in [0.25, 0.3) is 0 Å². The summed E-state index contributed by atoms with van der Waals surface area (Å²) in [7, 11) is 0. The second kappa shape index (κ2) is 9.78. The van der Waals surface area contributed by atoms with Gasteiger partial charge in [-0.15, -0.1) is 0 Å². The first-order valence-electron chi connectivity index (χ1n) is 7.53. The number of benzene rings is 1. The topological polar surface area (TPSA) is 29.3 Å². The first-order chi connectivity index (χ1) is 9.63. The predicted octanol–water partition coefficient (Wildman–Crippen LogP) is 5.00. The van der Waals surface area contributed by atoms with E-state index in [9.17, 15) is 0 Å². The van der Waals surface area contributed by atoms with Crippen molar-refractivity contribution in [1.82, 2.24) is 4.90 Å². The predicted molar refractivity (Wildman–Crippen MR) is 92.3 cm³/mol. The highest BCUT2D eigenvalue weighted by Gasteiger charge is 2.20. The zero-order valence-corrected chi connectivity index (χ0v) is 14.9. The molecule has 0 amide bonds. The van der Waals surface area contributed by atoms with E-state index in [0.717, 1.165) is 22.6 Å². The largest absolute Gasteiger partial charge is 0.329 e. The molecule has 114 valence electrons. The third kappa shape index (κ3) is 5.36. The van der Waals surface area contributed by atoms with Gasteiger partial charge in [0.25, 0.3) is 0 Å². The van der Waals surface area contributed by atoms with Gasteiger partial charge in [0.2, 0.25) is 0 Å². The van der Waals surface area contributed by atoms with E-state index in [4.69, 9.17) is 17.3 Å². The molecule has 1 unspecified atom stereocenters. The van der Waals surface area contributed by atoms with Gasteiger partial charge in [-0.3, -0.25) is 4.90 Å². The summed E-state index contributed by atoms with van der Waals surface area (Å²) >= 11 is 9.79. The molecule has 1 atom stereocenters. The SMILES string of the molecule is CCCCN(CCCC)C(CN)c1cc(Cl)ccc1Br. The molecule has 0 aliphatic rings. The Morgan fingerprint density at radius 3 is 2.30 bits per heavy atom. The quantitative estimate of drug-likeness (QED) is 0.670. The van der Waals surface area contributed by atoms with Gasteiger partial charge in [0.1, 0.15) is 0 Å². The minimum Gasteiger partial charge on any atom is -0.329 e. The molecule has 0 aliphatic heterocycles. The Bertz CT molecular complexity index is 390. The minimum atomic E-state index is 0.237. The van der Waals surface area contributed by atoms with Gasteiger partial charge >= 0.3 is 0 Å². The zero-order valence-electron chi connectivity index (χ0n) is 12.5. The average molecular weight is 362 g/mol. The molecule has 20 heavy (non-hydrogen) atoms. The van der Waals surface area contributed by atoms with Crippen LogP contribution < -0.4 is 5.73 Å². The molecule has 0 heterocycles. The zero-order chi connectivity index (χ0) is 15.0. The Labute approximate surface area is 136 Å². The summed E-state index contributed by atoms with van der Waals surface area (Å²) in [6, 6.07) is 6.19. The van der Waals surface area contributed by atoms with E-state index in [1.165, 1.54) is 31.2 Å². The summed E-state index contributed by atoms with van der Waals surface area (Å²) in [4.78, 5) is 2.50. The highest BCUT2D eigenvalue weighted by Crippen LogP contribution is 2.30. The van der Waals surface area contributed by atoms with Gasteiger partial charge in [-0.25, -0.2) is 0 Å². The molecule has 2 N–H and O–H groups in total. The van der Waals surface area contributed by atoms with Crippen LogP contribution in [-0.4, -0.2) is 24.5 Å². The lowest BCUT2D eigenvalue weighted by atomic mass is 10.0. The molecule has 1 rings (SSSR count). The van der Waals surface area contributed by atoms with Gasteiger partial charge < -0.3 is 5.73 Å². The number of halogens is 2. The monoisotopic (exact) mass is 360 g/mol. The molecular weight excluding hydrogens is 336 g/mol. The lowest BCUT2D eigenvalue weighted by molar-refractivity contribution is 0.195. The van der Waals surface area contributed by atoms with E-state index >= 15 is 0 Å². The molecule has 2 nitrogen and oxygen atoms in total. The van der Waals surface area contributed by atoms with Crippen LogP contribution in [0.15, 0.2) is 22.7 Å². The molecule has 4 heteroatoms. The molecule has 0 saturated heterocycles. The Morgan fingerprint density at radius 1 is 1.20 bits per heavy atom. The summed E-state index contributed by atoms with van der Waals surface area (Å²) in [6.45, 7) is 7.26. The second-order valence-electron chi connectivity index (χ2n) is 5.16. The molecule has 0 radical (unpaired) electrons. The Hall–Kier alpha value is -0.0900.